The number of nitriles is 1. The maximum atomic E-state index is 11.7. The van der Waals surface area contributed by atoms with Crippen LogP contribution < -0.4 is 5.69 Å². The number of rotatable bonds is 2. The molecular formula is C7H5ClN6O. The fraction of sp³-hybridized carbons (Fsp3) is 0.286. The summed E-state index contributed by atoms with van der Waals surface area (Å²) < 4.78 is 2.28. The van der Waals surface area contributed by atoms with Gasteiger partial charge in [0.05, 0.1) is 6.54 Å². The molecule has 0 aromatic carbocycles. The van der Waals surface area contributed by atoms with Crippen LogP contribution in [-0.4, -0.2) is 30.3 Å². The fourth-order valence-electron chi connectivity index (χ4n) is 1.14. The third-order valence-corrected chi connectivity index (χ3v) is 1.99. The minimum absolute atomic E-state index is 0.0811. The second-order valence-corrected chi connectivity index (χ2v) is 3.06. The number of aromatic nitrogens is 5. The third-order valence-electron chi connectivity index (χ3n) is 1.82. The summed E-state index contributed by atoms with van der Waals surface area (Å²) in [5.41, 5.74) is -0.166. The maximum Gasteiger partial charge on any atom is 0.353 e. The van der Waals surface area contributed by atoms with Gasteiger partial charge in [0, 0.05) is 5.88 Å². The van der Waals surface area contributed by atoms with Crippen LogP contribution in [-0.2, 0) is 6.54 Å². The van der Waals surface area contributed by atoms with Crippen LogP contribution in [0.2, 0.25) is 0 Å². The van der Waals surface area contributed by atoms with Crippen molar-refractivity contribution in [1.82, 2.24) is 24.4 Å². The van der Waals surface area contributed by atoms with Crippen LogP contribution in [0.3, 0.4) is 0 Å². The van der Waals surface area contributed by atoms with Crippen LogP contribution in [0.5, 0.6) is 0 Å². The van der Waals surface area contributed by atoms with E-state index in [1.165, 1.54) is 6.33 Å². The van der Waals surface area contributed by atoms with E-state index in [9.17, 15) is 4.79 Å². The zero-order valence-electron chi connectivity index (χ0n) is 7.46. The van der Waals surface area contributed by atoms with Gasteiger partial charge in [0.15, 0.2) is 5.69 Å². The van der Waals surface area contributed by atoms with E-state index >= 15 is 0 Å². The smallest absolute Gasteiger partial charge is 0.245 e. The van der Waals surface area contributed by atoms with E-state index < -0.39 is 5.69 Å². The van der Waals surface area contributed by atoms with Crippen LogP contribution in [0.25, 0.3) is 5.65 Å². The summed E-state index contributed by atoms with van der Waals surface area (Å²) in [6, 6.07) is 1.82. The molecule has 0 atom stereocenters. The van der Waals surface area contributed by atoms with E-state index in [2.05, 4.69) is 15.3 Å². The fourth-order valence-corrected chi connectivity index (χ4v) is 1.30. The standard InChI is InChI=1S/C7H5ClN6O/c8-1-2-14-7(15)13-4-10-5(3-9)6(13)11-12-14/h4H,1-2H2. The molecule has 0 aliphatic rings. The molecule has 0 unspecified atom stereocenters. The molecule has 8 heteroatoms. The molecule has 0 saturated carbocycles. The van der Waals surface area contributed by atoms with Gasteiger partial charge in [-0.3, -0.25) is 0 Å². The summed E-state index contributed by atoms with van der Waals surface area (Å²) in [4.78, 5) is 15.4. The predicted molar refractivity (Wildman–Crippen MR) is 50.5 cm³/mol. The Hall–Kier alpha value is -1.94. The van der Waals surface area contributed by atoms with Crippen molar-refractivity contribution in [2.24, 2.45) is 0 Å². The number of halogens is 1. The summed E-state index contributed by atoms with van der Waals surface area (Å²) in [5.74, 6) is 0.264. The molecule has 0 aliphatic carbocycles. The molecule has 0 bridgehead atoms. The first-order valence-corrected chi connectivity index (χ1v) is 4.58. The molecule has 15 heavy (non-hydrogen) atoms. The largest absolute Gasteiger partial charge is 0.353 e. The van der Waals surface area contributed by atoms with Gasteiger partial charge in [-0.2, -0.15) is 9.94 Å². The van der Waals surface area contributed by atoms with Crippen molar-refractivity contribution in [3.63, 3.8) is 0 Å². The minimum atomic E-state index is -0.408. The van der Waals surface area contributed by atoms with Crippen molar-refractivity contribution < 1.29 is 0 Å². The van der Waals surface area contributed by atoms with Crippen molar-refractivity contribution in [2.75, 3.05) is 5.88 Å². The molecule has 7 nitrogen and oxygen atoms in total. The average Bonchev–Trinajstić information content (AvgIpc) is 2.66. The highest BCUT2D eigenvalue weighted by Crippen LogP contribution is 1.99. The molecule has 2 rings (SSSR count). The lowest BCUT2D eigenvalue weighted by Crippen LogP contribution is -2.30. The SMILES string of the molecule is N#Cc1ncn2c(=O)n(CCCl)nnc12. The maximum absolute atomic E-state index is 11.7. The molecule has 0 saturated heterocycles. The third kappa shape index (κ3) is 1.45. The molecule has 0 amide bonds. The Morgan fingerprint density at radius 2 is 2.40 bits per heavy atom. The van der Waals surface area contributed by atoms with Crippen molar-refractivity contribution in [3.05, 3.63) is 22.5 Å². The lowest BCUT2D eigenvalue weighted by Gasteiger charge is -1.99. The molecule has 2 heterocycles. The summed E-state index contributed by atoms with van der Waals surface area (Å²) in [6.07, 6.45) is 1.25. The quantitative estimate of drug-likeness (QED) is 0.636. The molecule has 0 radical (unpaired) electrons. The highest BCUT2D eigenvalue weighted by Gasteiger charge is 2.09. The van der Waals surface area contributed by atoms with E-state index in [-0.39, 0.29) is 23.8 Å². The van der Waals surface area contributed by atoms with Crippen LogP contribution in [0.1, 0.15) is 5.69 Å². The highest BCUT2D eigenvalue weighted by atomic mass is 35.5. The number of hydrogen-bond acceptors (Lipinski definition) is 5. The molecule has 0 aliphatic heterocycles. The summed E-state index contributed by atoms with van der Waals surface area (Å²) in [6.45, 7) is 0.267. The van der Waals surface area contributed by atoms with E-state index in [4.69, 9.17) is 16.9 Å². The Balaban J connectivity index is 2.72. The zero-order valence-corrected chi connectivity index (χ0v) is 8.22. The average molecular weight is 225 g/mol. The van der Waals surface area contributed by atoms with Crippen molar-refractivity contribution in [3.8, 4) is 6.07 Å². The Morgan fingerprint density at radius 1 is 1.60 bits per heavy atom. The Bertz CT molecular complexity index is 594. The monoisotopic (exact) mass is 224 g/mol. The van der Waals surface area contributed by atoms with Crippen LogP contribution in [0.4, 0.5) is 0 Å². The molecule has 0 N–H and O–H groups in total. The number of alkyl halides is 1. The van der Waals surface area contributed by atoms with Gasteiger partial charge in [-0.15, -0.1) is 16.7 Å². The van der Waals surface area contributed by atoms with E-state index in [0.717, 1.165) is 9.08 Å². The van der Waals surface area contributed by atoms with Crippen LogP contribution in [0, 0.1) is 11.3 Å². The minimum Gasteiger partial charge on any atom is -0.245 e. The summed E-state index contributed by atoms with van der Waals surface area (Å²) in [7, 11) is 0. The Kier molecular flexibility index (Phi) is 2.35. The molecule has 76 valence electrons. The molecule has 0 fully saturated rings. The number of nitrogens with zero attached hydrogens (tertiary/aromatic N) is 6. The summed E-state index contributed by atoms with van der Waals surface area (Å²) in [5, 5.41) is 16.0. The predicted octanol–water partition coefficient (Wildman–Crippen LogP) is -0.604. The Morgan fingerprint density at radius 3 is 3.07 bits per heavy atom. The molecule has 2 aromatic heterocycles. The number of imidazole rings is 1. The van der Waals surface area contributed by atoms with Crippen molar-refractivity contribution in [1.29, 1.82) is 5.26 Å². The first-order valence-electron chi connectivity index (χ1n) is 4.05. The van der Waals surface area contributed by atoms with Gasteiger partial charge >= 0.3 is 5.69 Å². The van der Waals surface area contributed by atoms with Gasteiger partial charge in [-0.1, -0.05) is 5.21 Å². The van der Waals surface area contributed by atoms with Gasteiger partial charge in [-0.25, -0.2) is 14.2 Å². The van der Waals surface area contributed by atoms with Crippen molar-refractivity contribution in [2.45, 2.75) is 6.54 Å². The van der Waals surface area contributed by atoms with E-state index in [1.54, 1.807) is 0 Å². The summed E-state index contributed by atoms with van der Waals surface area (Å²) >= 11 is 5.49. The number of aryl methyl sites for hydroxylation is 1. The first-order chi connectivity index (χ1) is 7.27. The second kappa shape index (κ2) is 3.67. The van der Waals surface area contributed by atoms with Gasteiger partial charge in [0.1, 0.15) is 12.4 Å². The first kappa shape index (κ1) is 9.61. The topological polar surface area (TPSA) is 88.9 Å². The normalized spacial score (nSPS) is 10.4. The molecule has 0 spiro atoms. The second-order valence-electron chi connectivity index (χ2n) is 2.68. The number of hydrogen-bond donors (Lipinski definition) is 0. The number of fused-ring (bicyclic) bond motifs is 1. The lowest BCUT2D eigenvalue weighted by molar-refractivity contribution is 0.546. The highest BCUT2D eigenvalue weighted by molar-refractivity contribution is 6.17. The zero-order chi connectivity index (χ0) is 10.8. The molecule has 2 aromatic rings. The van der Waals surface area contributed by atoms with Gasteiger partial charge in [-0.05, 0) is 0 Å². The van der Waals surface area contributed by atoms with Crippen LogP contribution >= 0.6 is 11.6 Å². The van der Waals surface area contributed by atoms with Crippen molar-refractivity contribution >= 4 is 17.2 Å². The lowest BCUT2D eigenvalue weighted by atomic mass is 10.5. The van der Waals surface area contributed by atoms with E-state index in [0.29, 0.717) is 0 Å². The molecular weight excluding hydrogens is 220 g/mol. The van der Waals surface area contributed by atoms with Crippen LogP contribution in [0.15, 0.2) is 11.1 Å². The van der Waals surface area contributed by atoms with Gasteiger partial charge in [0.25, 0.3) is 0 Å². The Labute approximate surface area is 88.5 Å². The van der Waals surface area contributed by atoms with Gasteiger partial charge < -0.3 is 0 Å². The van der Waals surface area contributed by atoms with E-state index in [1.807, 2.05) is 6.07 Å². The van der Waals surface area contributed by atoms with Gasteiger partial charge in [0.2, 0.25) is 5.65 Å².